The molecule has 2 atom stereocenters. The summed E-state index contributed by atoms with van der Waals surface area (Å²) in [5, 5.41) is 15.2. The van der Waals surface area contributed by atoms with Crippen molar-refractivity contribution in [1.82, 2.24) is 10.6 Å². The molecule has 0 saturated carbocycles. The Bertz CT molecular complexity index is 607. The lowest BCUT2D eigenvalue weighted by molar-refractivity contribution is -0.122. The molecular formula is C13H18Cl2N2O4S. The van der Waals surface area contributed by atoms with Crippen LogP contribution in [-0.4, -0.2) is 50.4 Å². The van der Waals surface area contributed by atoms with Crippen molar-refractivity contribution >= 4 is 39.8 Å². The molecule has 1 aliphatic heterocycles. The zero-order chi connectivity index (χ0) is 15.5. The van der Waals surface area contributed by atoms with E-state index in [9.17, 15) is 18.3 Å². The molecule has 0 spiro atoms. The van der Waals surface area contributed by atoms with E-state index in [-0.39, 0.29) is 35.5 Å². The van der Waals surface area contributed by atoms with Crippen LogP contribution >= 0.6 is 24.0 Å². The fraction of sp³-hybridized carbons (Fsp3) is 0.462. The summed E-state index contributed by atoms with van der Waals surface area (Å²) < 4.78 is 24.1. The van der Waals surface area contributed by atoms with Crippen molar-refractivity contribution in [2.45, 2.75) is 23.5 Å². The van der Waals surface area contributed by atoms with Crippen molar-refractivity contribution < 1.29 is 18.3 Å². The zero-order valence-electron chi connectivity index (χ0n) is 11.7. The van der Waals surface area contributed by atoms with E-state index in [1.54, 1.807) is 0 Å². The number of aliphatic hydroxyl groups excluding tert-OH is 1. The fourth-order valence-corrected chi connectivity index (χ4v) is 3.39. The smallest absolute Gasteiger partial charge is 0.237 e. The number of carbonyl (C=O) groups excluding carboxylic acids is 1. The molecule has 1 aliphatic rings. The molecule has 2 unspecified atom stereocenters. The van der Waals surface area contributed by atoms with Crippen LogP contribution in [0.2, 0.25) is 5.02 Å². The third-order valence-corrected chi connectivity index (χ3v) is 5.25. The minimum atomic E-state index is -3.45. The Labute approximate surface area is 140 Å². The van der Waals surface area contributed by atoms with Crippen molar-refractivity contribution in [3.05, 3.63) is 29.3 Å². The Kier molecular flexibility index (Phi) is 7.08. The van der Waals surface area contributed by atoms with Gasteiger partial charge in [-0.25, -0.2) is 8.42 Å². The molecule has 0 radical (unpaired) electrons. The number of halogens is 2. The first-order chi connectivity index (χ1) is 9.88. The number of benzene rings is 1. The molecule has 1 aromatic rings. The Morgan fingerprint density at radius 3 is 2.55 bits per heavy atom. The highest BCUT2D eigenvalue weighted by Gasteiger charge is 2.28. The molecule has 6 nitrogen and oxygen atoms in total. The predicted octanol–water partition coefficient (Wildman–Crippen LogP) is 0.374. The van der Waals surface area contributed by atoms with Crippen LogP contribution in [0.4, 0.5) is 0 Å². The van der Waals surface area contributed by atoms with Gasteiger partial charge in [0, 0.05) is 18.1 Å². The van der Waals surface area contributed by atoms with Gasteiger partial charge in [-0.3, -0.25) is 4.79 Å². The molecule has 0 aliphatic carbocycles. The highest BCUT2D eigenvalue weighted by Crippen LogP contribution is 2.15. The van der Waals surface area contributed by atoms with Gasteiger partial charge in [0.2, 0.25) is 5.91 Å². The van der Waals surface area contributed by atoms with Gasteiger partial charge in [0.05, 0.1) is 22.8 Å². The van der Waals surface area contributed by atoms with Crippen molar-refractivity contribution in [2.24, 2.45) is 0 Å². The van der Waals surface area contributed by atoms with Crippen molar-refractivity contribution in [3.8, 4) is 0 Å². The van der Waals surface area contributed by atoms with Gasteiger partial charge in [-0.1, -0.05) is 11.6 Å². The molecule has 1 fully saturated rings. The van der Waals surface area contributed by atoms with E-state index in [1.165, 1.54) is 24.3 Å². The van der Waals surface area contributed by atoms with E-state index in [2.05, 4.69) is 10.6 Å². The lowest BCUT2D eigenvalue weighted by Gasteiger charge is -2.11. The number of sulfone groups is 1. The molecule has 1 heterocycles. The lowest BCUT2D eigenvalue weighted by atomic mass is 10.2. The van der Waals surface area contributed by atoms with Crippen LogP contribution in [0.15, 0.2) is 29.2 Å². The van der Waals surface area contributed by atoms with Crippen molar-refractivity contribution in [3.63, 3.8) is 0 Å². The second-order valence-electron chi connectivity index (χ2n) is 4.91. The van der Waals surface area contributed by atoms with Gasteiger partial charge in [0.1, 0.15) is 0 Å². The minimum absolute atomic E-state index is 0. The Balaban J connectivity index is 0.00000242. The second kappa shape index (κ2) is 8.12. The van der Waals surface area contributed by atoms with E-state index < -0.39 is 22.0 Å². The molecule has 3 N–H and O–H groups in total. The molecule has 1 aromatic carbocycles. The van der Waals surface area contributed by atoms with Gasteiger partial charge in [-0.15, -0.1) is 12.4 Å². The summed E-state index contributed by atoms with van der Waals surface area (Å²) in [5.41, 5.74) is 0. The highest BCUT2D eigenvalue weighted by molar-refractivity contribution is 7.91. The number of aliphatic hydroxyl groups is 1. The van der Waals surface area contributed by atoms with Crippen molar-refractivity contribution in [1.29, 1.82) is 0 Å². The molecule has 1 amide bonds. The van der Waals surface area contributed by atoms with E-state index in [0.29, 0.717) is 18.0 Å². The number of hydrogen-bond acceptors (Lipinski definition) is 5. The molecule has 9 heteroatoms. The summed E-state index contributed by atoms with van der Waals surface area (Å²) in [4.78, 5) is 11.9. The fourth-order valence-electron chi connectivity index (χ4n) is 2.11. The third-order valence-electron chi connectivity index (χ3n) is 3.27. The standard InChI is InChI=1S/C13H17ClN2O4S.ClH/c14-9-1-3-11(4-2-9)21(19,20)6-5-15-13(18)12-7-10(17)8-16-12;/h1-4,10,12,16-17H,5-8H2,(H,15,18);1H. The number of rotatable bonds is 5. The van der Waals surface area contributed by atoms with E-state index in [4.69, 9.17) is 11.6 Å². The predicted molar refractivity (Wildman–Crippen MR) is 86.2 cm³/mol. The first-order valence-electron chi connectivity index (χ1n) is 6.56. The first-order valence-corrected chi connectivity index (χ1v) is 8.59. The molecule has 22 heavy (non-hydrogen) atoms. The quantitative estimate of drug-likeness (QED) is 0.697. The first kappa shape index (κ1) is 19.2. The number of carbonyl (C=O) groups is 1. The van der Waals surface area contributed by atoms with Gasteiger partial charge in [-0.05, 0) is 30.7 Å². The topological polar surface area (TPSA) is 95.5 Å². The molecule has 1 saturated heterocycles. The number of nitrogens with one attached hydrogen (secondary N) is 2. The number of hydrogen-bond donors (Lipinski definition) is 3. The minimum Gasteiger partial charge on any atom is -0.392 e. The van der Waals surface area contributed by atoms with Crippen LogP contribution in [0.25, 0.3) is 0 Å². The summed E-state index contributed by atoms with van der Waals surface area (Å²) in [7, 11) is -3.45. The maximum Gasteiger partial charge on any atom is 0.237 e. The highest BCUT2D eigenvalue weighted by atomic mass is 35.5. The van der Waals surface area contributed by atoms with E-state index >= 15 is 0 Å². The third kappa shape index (κ3) is 5.10. The zero-order valence-corrected chi connectivity index (χ0v) is 14.0. The van der Waals surface area contributed by atoms with Crippen LogP contribution in [-0.2, 0) is 14.6 Å². The average Bonchev–Trinajstić information content (AvgIpc) is 2.86. The summed E-state index contributed by atoms with van der Waals surface area (Å²) in [6.07, 6.45) is -0.186. The maximum atomic E-state index is 12.0. The maximum absolute atomic E-state index is 12.0. The normalized spacial score (nSPS) is 21.2. The van der Waals surface area contributed by atoms with Crippen LogP contribution in [0, 0.1) is 0 Å². The molecule has 2 rings (SSSR count). The summed E-state index contributed by atoms with van der Waals surface area (Å²) >= 11 is 5.71. The Hall–Kier alpha value is -0.860. The van der Waals surface area contributed by atoms with Crippen LogP contribution < -0.4 is 10.6 Å². The number of β-amino-alcohol motifs (C(OH)–C–C–N with tert-alkyl or cyclic N) is 1. The molecule has 124 valence electrons. The Morgan fingerprint density at radius 2 is 2.00 bits per heavy atom. The van der Waals surface area contributed by atoms with E-state index in [0.717, 1.165) is 0 Å². The summed E-state index contributed by atoms with van der Waals surface area (Å²) in [5.74, 6) is -0.479. The largest absolute Gasteiger partial charge is 0.392 e. The average molecular weight is 369 g/mol. The lowest BCUT2D eigenvalue weighted by Crippen LogP contribution is -2.42. The molecule has 0 aromatic heterocycles. The van der Waals surface area contributed by atoms with Gasteiger partial charge < -0.3 is 15.7 Å². The van der Waals surface area contributed by atoms with E-state index in [1.807, 2.05) is 0 Å². The van der Waals surface area contributed by atoms with Crippen LogP contribution in [0.3, 0.4) is 0 Å². The van der Waals surface area contributed by atoms with Crippen LogP contribution in [0.1, 0.15) is 6.42 Å². The molecule has 0 bridgehead atoms. The van der Waals surface area contributed by atoms with Gasteiger partial charge in [-0.2, -0.15) is 0 Å². The van der Waals surface area contributed by atoms with Gasteiger partial charge >= 0.3 is 0 Å². The number of amides is 1. The Morgan fingerprint density at radius 1 is 1.36 bits per heavy atom. The summed E-state index contributed by atoms with van der Waals surface area (Å²) in [6.45, 7) is 0.402. The van der Waals surface area contributed by atoms with Gasteiger partial charge in [0.25, 0.3) is 0 Å². The summed E-state index contributed by atoms with van der Waals surface area (Å²) in [6, 6.07) is 5.44. The van der Waals surface area contributed by atoms with Crippen molar-refractivity contribution in [2.75, 3.05) is 18.8 Å². The monoisotopic (exact) mass is 368 g/mol. The molecular weight excluding hydrogens is 351 g/mol. The SMILES string of the molecule is Cl.O=C(NCCS(=O)(=O)c1ccc(Cl)cc1)C1CC(O)CN1. The van der Waals surface area contributed by atoms with Gasteiger partial charge in [0.15, 0.2) is 9.84 Å². The second-order valence-corrected chi connectivity index (χ2v) is 7.46. The van der Waals surface area contributed by atoms with Crippen LogP contribution in [0.5, 0.6) is 0 Å².